The molecule has 0 saturated carbocycles. The van der Waals surface area contributed by atoms with Gasteiger partial charge in [0.15, 0.2) is 5.96 Å². The highest BCUT2D eigenvalue weighted by Crippen LogP contribution is 2.26. The molecule has 1 aromatic carbocycles. The van der Waals surface area contributed by atoms with Gasteiger partial charge in [-0.05, 0) is 36.1 Å². The fraction of sp³-hybridized carbons (Fsp3) is 0.400. The van der Waals surface area contributed by atoms with Gasteiger partial charge >= 0.3 is 0 Å². The van der Waals surface area contributed by atoms with Crippen molar-refractivity contribution in [2.24, 2.45) is 4.99 Å². The fourth-order valence-corrected chi connectivity index (χ4v) is 3.33. The van der Waals surface area contributed by atoms with Crippen LogP contribution in [0.3, 0.4) is 0 Å². The van der Waals surface area contributed by atoms with Crippen molar-refractivity contribution < 1.29 is 4.79 Å². The molecule has 0 aliphatic rings. The molecule has 3 N–H and O–H groups in total. The topological polar surface area (TPSA) is 65.5 Å². The predicted molar refractivity (Wildman–Crippen MR) is 125 cm³/mol. The maximum Gasteiger partial charge on any atom is 0.251 e. The first-order valence-corrected chi connectivity index (χ1v) is 9.71. The van der Waals surface area contributed by atoms with E-state index in [1.165, 1.54) is 4.88 Å². The van der Waals surface area contributed by atoms with Gasteiger partial charge in [0, 0.05) is 36.0 Å². The van der Waals surface area contributed by atoms with Crippen molar-refractivity contribution in [2.75, 3.05) is 20.1 Å². The van der Waals surface area contributed by atoms with Crippen LogP contribution in [0, 0.1) is 0 Å². The van der Waals surface area contributed by atoms with Crippen molar-refractivity contribution >= 4 is 47.2 Å². The highest BCUT2D eigenvalue weighted by molar-refractivity contribution is 14.0. The van der Waals surface area contributed by atoms with Crippen molar-refractivity contribution in [3.05, 3.63) is 57.8 Å². The van der Waals surface area contributed by atoms with Crippen LogP contribution in [-0.4, -0.2) is 32.0 Å². The third-order valence-corrected chi connectivity index (χ3v) is 5.33. The molecule has 0 radical (unpaired) electrons. The van der Waals surface area contributed by atoms with Crippen molar-refractivity contribution in [3.63, 3.8) is 0 Å². The summed E-state index contributed by atoms with van der Waals surface area (Å²) in [6.45, 7) is 8.68. The number of guanidine groups is 1. The van der Waals surface area contributed by atoms with E-state index in [1.54, 1.807) is 18.4 Å². The Balaban J connectivity index is 0.00000364. The largest absolute Gasteiger partial charge is 0.357 e. The zero-order valence-corrected chi connectivity index (χ0v) is 19.5. The van der Waals surface area contributed by atoms with Crippen LogP contribution in [-0.2, 0) is 12.0 Å². The van der Waals surface area contributed by atoms with Gasteiger partial charge in [0.1, 0.15) is 0 Å². The molecule has 0 fully saturated rings. The summed E-state index contributed by atoms with van der Waals surface area (Å²) in [5.74, 6) is 0.721. The first-order chi connectivity index (χ1) is 12.5. The number of nitrogens with zero attached hydrogens (tertiary/aromatic N) is 1. The van der Waals surface area contributed by atoms with E-state index in [0.717, 1.165) is 24.6 Å². The summed E-state index contributed by atoms with van der Waals surface area (Å²) in [7, 11) is 1.63. The van der Waals surface area contributed by atoms with E-state index >= 15 is 0 Å². The SMILES string of the molecule is CCNC(=NCc1ccc(C(=O)NC)cc1)NCC(C)(C)c1cccs1.I. The molecular weight excluding hydrogens is 471 g/mol. The Morgan fingerprint density at radius 1 is 1.15 bits per heavy atom. The number of halogens is 1. The second-order valence-electron chi connectivity index (χ2n) is 6.69. The van der Waals surface area contributed by atoms with Crippen LogP contribution >= 0.6 is 35.3 Å². The van der Waals surface area contributed by atoms with E-state index in [4.69, 9.17) is 0 Å². The van der Waals surface area contributed by atoms with Crippen LogP contribution in [0.5, 0.6) is 0 Å². The van der Waals surface area contributed by atoms with Crippen LogP contribution in [0.2, 0.25) is 0 Å². The van der Waals surface area contributed by atoms with Gasteiger partial charge in [-0.3, -0.25) is 4.79 Å². The Morgan fingerprint density at radius 2 is 1.85 bits per heavy atom. The normalized spacial score (nSPS) is 11.5. The molecule has 1 heterocycles. The molecule has 1 amide bonds. The molecule has 148 valence electrons. The van der Waals surface area contributed by atoms with E-state index in [-0.39, 0.29) is 35.3 Å². The summed E-state index contributed by atoms with van der Waals surface area (Å²) in [6, 6.07) is 11.8. The van der Waals surface area contributed by atoms with Crippen molar-refractivity contribution in [1.29, 1.82) is 0 Å². The van der Waals surface area contributed by atoms with Gasteiger partial charge in [0.05, 0.1) is 6.54 Å². The molecule has 5 nitrogen and oxygen atoms in total. The maximum atomic E-state index is 11.6. The standard InChI is InChI=1S/C20H28N4OS.HI/c1-5-22-19(24-14-20(2,3)17-7-6-12-26-17)23-13-15-8-10-16(11-9-15)18(25)21-4;/h6-12H,5,13-14H2,1-4H3,(H,21,25)(H2,22,23,24);1H. The highest BCUT2D eigenvalue weighted by Gasteiger charge is 2.21. The van der Waals surface area contributed by atoms with Crippen molar-refractivity contribution in [2.45, 2.75) is 32.7 Å². The minimum Gasteiger partial charge on any atom is -0.357 e. The molecule has 0 unspecified atom stereocenters. The second-order valence-corrected chi connectivity index (χ2v) is 7.63. The lowest BCUT2D eigenvalue weighted by molar-refractivity contribution is 0.0963. The molecule has 0 saturated heterocycles. The molecule has 0 atom stereocenters. The smallest absolute Gasteiger partial charge is 0.251 e. The molecule has 0 aliphatic heterocycles. The molecule has 27 heavy (non-hydrogen) atoms. The number of hydrogen-bond acceptors (Lipinski definition) is 3. The second kappa shape index (κ2) is 11.3. The number of nitrogens with one attached hydrogen (secondary N) is 3. The van der Waals surface area contributed by atoms with E-state index < -0.39 is 0 Å². The summed E-state index contributed by atoms with van der Waals surface area (Å²) in [5, 5.41) is 11.5. The summed E-state index contributed by atoms with van der Waals surface area (Å²) < 4.78 is 0. The number of carbonyl (C=O) groups excluding carboxylic acids is 1. The Kier molecular flexibility index (Phi) is 9.79. The first kappa shape index (κ1) is 23.4. The van der Waals surface area contributed by atoms with E-state index in [2.05, 4.69) is 59.2 Å². The van der Waals surface area contributed by atoms with Gasteiger partial charge < -0.3 is 16.0 Å². The van der Waals surface area contributed by atoms with Gasteiger partial charge in [0.25, 0.3) is 5.91 Å². The monoisotopic (exact) mass is 500 g/mol. The number of thiophene rings is 1. The average molecular weight is 500 g/mol. The molecule has 0 spiro atoms. The van der Waals surface area contributed by atoms with Crippen LogP contribution in [0.15, 0.2) is 46.8 Å². The van der Waals surface area contributed by atoms with E-state index in [9.17, 15) is 4.79 Å². The average Bonchev–Trinajstić information content (AvgIpc) is 3.19. The van der Waals surface area contributed by atoms with Crippen LogP contribution in [0.4, 0.5) is 0 Å². The van der Waals surface area contributed by atoms with Gasteiger partial charge in [-0.1, -0.05) is 32.0 Å². The lowest BCUT2D eigenvalue weighted by atomic mass is 9.91. The molecule has 1 aromatic heterocycles. The van der Waals surface area contributed by atoms with Gasteiger partial charge in [-0.25, -0.2) is 4.99 Å². The predicted octanol–water partition coefficient (Wildman–Crippen LogP) is 3.76. The highest BCUT2D eigenvalue weighted by atomic mass is 127. The van der Waals surface area contributed by atoms with Crippen LogP contribution in [0.25, 0.3) is 0 Å². The van der Waals surface area contributed by atoms with Crippen LogP contribution < -0.4 is 16.0 Å². The fourth-order valence-electron chi connectivity index (χ4n) is 2.47. The van der Waals surface area contributed by atoms with E-state index in [0.29, 0.717) is 12.1 Å². The quantitative estimate of drug-likeness (QED) is 0.308. The molecule has 2 aromatic rings. The first-order valence-electron chi connectivity index (χ1n) is 8.83. The minimum absolute atomic E-state index is 0. The third-order valence-electron chi connectivity index (χ3n) is 4.09. The molecule has 7 heteroatoms. The van der Waals surface area contributed by atoms with Crippen molar-refractivity contribution in [1.82, 2.24) is 16.0 Å². The summed E-state index contributed by atoms with van der Waals surface area (Å²) in [4.78, 5) is 17.6. The number of amides is 1. The minimum atomic E-state index is -0.0779. The molecule has 2 rings (SSSR count). The maximum absolute atomic E-state index is 11.6. The van der Waals surface area contributed by atoms with Gasteiger partial charge in [0.2, 0.25) is 0 Å². The number of aliphatic imine (C=N–C) groups is 1. The summed E-state index contributed by atoms with van der Waals surface area (Å²) in [6.07, 6.45) is 0. The Bertz CT molecular complexity index is 727. The molecule has 0 bridgehead atoms. The van der Waals surface area contributed by atoms with Gasteiger partial charge in [-0.2, -0.15) is 0 Å². The number of hydrogen-bond donors (Lipinski definition) is 3. The number of rotatable bonds is 7. The van der Waals surface area contributed by atoms with E-state index in [1.807, 2.05) is 24.3 Å². The Hall–Kier alpha value is -1.61. The number of carbonyl (C=O) groups is 1. The van der Waals surface area contributed by atoms with Crippen molar-refractivity contribution in [3.8, 4) is 0 Å². The Labute approximate surface area is 183 Å². The van der Waals surface area contributed by atoms with Crippen LogP contribution in [0.1, 0.15) is 41.6 Å². The lowest BCUT2D eigenvalue weighted by Gasteiger charge is -2.25. The molecular formula is C20H29IN4OS. The van der Waals surface area contributed by atoms with Gasteiger partial charge in [-0.15, -0.1) is 35.3 Å². The lowest BCUT2D eigenvalue weighted by Crippen LogP contribution is -2.43. The summed E-state index contributed by atoms with van der Waals surface area (Å²) >= 11 is 1.78. The zero-order valence-electron chi connectivity index (χ0n) is 16.3. The molecule has 0 aliphatic carbocycles. The number of benzene rings is 1. The Morgan fingerprint density at radius 3 is 2.41 bits per heavy atom. The third kappa shape index (κ3) is 7.14. The zero-order chi connectivity index (χ0) is 19.0. The summed E-state index contributed by atoms with van der Waals surface area (Å²) in [5.41, 5.74) is 1.76.